The molecule has 1 aliphatic carbocycles. The van der Waals surface area contributed by atoms with E-state index in [1.54, 1.807) is 62.5 Å². The Morgan fingerprint density at radius 1 is 1.09 bits per heavy atom. The van der Waals surface area contributed by atoms with Gasteiger partial charge in [0, 0.05) is 17.8 Å². The van der Waals surface area contributed by atoms with E-state index in [0.29, 0.717) is 34.1 Å². The first-order valence-corrected chi connectivity index (χ1v) is 11.7. The van der Waals surface area contributed by atoms with Gasteiger partial charge >= 0.3 is 0 Å². The quantitative estimate of drug-likeness (QED) is 0.569. The third-order valence-electron chi connectivity index (χ3n) is 6.46. The minimum atomic E-state index is -3.95. The van der Waals surface area contributed by atoms with Gasteiger partial charge in [0.2, 0.25) is 10.0 Å². The van der Waals surface area contributed by atoms with E-state index < -0.39 is 26.6 Å². The number of hydrogen-bond acceptors (Lipinski definition) is 5. The summed E-state index contributed by atoms with van der Waals surface area (Å²) in [5.41, 5.74) is 2.18. The Bertz CT molecular complexity index is 1430. The van der Waals surface area contributed by atoms with E-state index in [4.69, 9.17) is 0 Å². The van der Waals surface area contributed by atoms with Crippen molar-refractivity contribution in [3.63, 3.8) is 0 Å². The van der Waals surface area contributed by atoms with Crippen LogP contribution in [0.15, 0.2) is 72.6 Å². The van der Waals surface area contributed by atoms with Crippen molar-refractivity contribution in [1.82, 2.24) is 13.9 Å². The molecule has 0 N–H and O–H groups in total. The van der Waals surface area contributed by atoms with Crippen molar-refractivity contribution >= 4 is 32.7 Å². The zero-order valence-electron chi connectivity index (χ0n) is 17.6. The maximum Gasteiger partial charge on any atom is 0.261 e. The molecule has 32 heavy (non-hydrogen) atoms. The topological polar surface area (TPSA) is 89.3 Å². The molecule has 0 spiro atoms. The average Bonchev–Trinajstić information content (AvgIpc) is 3.27. The molecular weight excluding hydrogens is 426 g/mol. The van der Waals surface area contributed by atoms with Gasteiger partial charge in [-0.1, -0.05) is 35.9 Å². The number of rotatable bonds is 4. The van der Waals surface area contributed by atoms with Crippen LogP contribution < -0.4 is 0 Å². The summed E-state index contributed by atoms with van der Waals surface area (Å²) >= 11 is 0. The number of imide groups is 1. The number of pyridine rings is 1. The molecule has 1 aliphatic heterocycles. The molecule has 0 radical (unpaired) electrons. The van der Waals surface area contributed by atoms with Crippen LogP contribution in [0.3, 0.4) is 0 Å². The summed E-state index contributed by atoms with van der Waals surface area (Å²) < 4.78 is 28.2. The number of aromatic nitrogens is 2. The largest absolute Gasteiger partial charge is 0.269 e. The highest BCUT2D eigenvalue weighted by atomic mass is 32.2. The highest BCUT2D eigenvalue weighted by Gasteiger charge is 2.44. The van der Waals surface area contributed by atoms with Crippen LogP contribution in [0.5, 0.6) is 0 Å². The van der Waals surface area contributed by atoms with E-state index >= 15 is 0 Å². The van der Waals surface area contributed by atoms with Crippen LogP contribution in [0.2, 0.25) is 0 Å². The van der Waals surface area contributed by atoms with E-state index in [2.05, 4.69) is 4.98 Å². The number of carbonyl (C=O) groups is 2. The SMILES string of the molecule is CC1=CC=CCC1(C)S(=O)(=O)n1c(CN2C(=O)c3ccccc3C2=O)cc2cnccc21. The summed E-state index contributed by atoms with van der Waals surface area (Å²) in [6.45, 7) is 3.35. The summed E-state index contributed by atoms with van der Waals surface area (Å²) in [7, 11) is -3.95. The van der Waals surface area contributed by atoms with Gasteiger partial charge < -0.3 is 0 Å². The van der Waals surface area contributed by atoms with Gasteiger partial charge in [0.1, 0.15) is 4.75 Å². The molecular formula is C24H21N3O4S. The number of benzene rings is 1. The van der Waals surface area contributed by atoms with Gasteiger partial charge in [-0.3, -0.25) is 19.5 Å². The van der Waals surface area contributed by atoms with Crippen molar-refractivity contribution in [3.8, 4) is 0 Å². The van der Waals surface area contributed by atoms with Crippen LogP contribution in [0.1, 0.15) is 46.7 Å². The molecule has 0 bridgehead atoms. The second-order valence-electron chi connectivity index (χ2n) is 8.29. The lowest BCUT2D eigenvalue weighted by atomic mass is 9.94. The molecule has 3 heterocycles. The molecule has 8 heteroatoms. The summed E-state index contributed by atoms with van der Waals surface area (Å²) in [5, 5.41) is 0.624. The number of carbonyl (C=O) groups excluding carboxylic acids is 2. The molecule has 2 amide bonds. The Hall–Kier alpha value is -3.52. The molecule has 0 saturated carbocycles. The van der Waals surface area contributed by atoms with Gasteiger partial charge in [0.05, 0.1) is 28.9 Å². The zero-order valence-corrected chi connectivity index (χ0v) is 18.5. The maximum absolute atomic E-state index is 14.0. The normalized spacial score (nSPS) is 20.7. The van der Waals surface area contributed by atoms with Crippen molar-refractivity contribution in [2.24, 2.45) is 0 Å². The lowest BCUT2D eigenvalue weighted by molar-refractivity contribution is 0.0640. The Morgan fingerprint density at radius 2 is 1.78 bits per heavy atom. The first kappa shape index (κ1) is 20.4. The van der Waals surface area contributed by atoms with E-state index in [9.17, 15) is 18.0 Å². The van der Waals surface area contributed by atoms with Crippen LogP contribution >= 0.6 is 0 Å². The van der Waals surface area contributed by atoms with Crippen molar-refractivity contribution in [3.05, 3.63) is 89.4 Å². The molecule has 5 rings (SSSR count). The van der Waals surface area contributed by atoms with Crippen molar-refractivity contribution in [2.45, 2.75) is 31.6 Å². The molecule has 1 aromatic carbocycles. The minimum absolute atomic E-state index is 0.158. The van der Waals surface area contributed by atoms with Crippen LogP contribution in [0, 0.1) is 0 Å². The van der Waals surface area contributed by atoms with E-state index in [-0.39, 0.29) is 6.54 Å². The fraction of sp³-hybridized carbons (Fsp3) is 0.208. The van der Waals surface area contributed by atoms with Crippen LogP contribution in [-0.2, 0) is 16.6 Å². The van der Waals surface area contributed by atoms with Crippen LogP contribution in [-0.4, -0.2) is 38.8 Å². The monoisotopic (exact) mass is 447 g/mol. The van der Waals surface area contributed by atoms with E-state index in [1.807, 2.05) is 12.2 Å². The summed E-state index contributed by atoms with van der Waals surface area (Å²) in [5.74, 6) is -0.860. The second kappa shape index (κ2) is 7.00. The van der Waals surface area contributed by atoms with Gasteiger partial charge in [0.15, 0.2) is 0 Å². The predicted molar refractivity (Wildman–Crippen MR) is 121 cm³/mol. The van der Waals surface area contributed by atoms with Gasteiger partial charge in [-0.05, 0) is 44.5 Å². The van der Waals surface area contributed by atoms with Gasteiger partial charge in [-0.15, -0.1) is 0 Å². The molecule has 0 saturated heterocycles. The summed E-state index contributed by atoms with van der Waals surface area (Å²) in [6, 6.07) is 9.94. The number of nitrogens with zero attached hydrogens (tertiary/aromatic N) is 3. The fourth-order valence-corrected chi connectivity index (χ4v) is 6.41. The zero-order chi connectivity index (χ0) is 22.7. The summed E-state index contributed by atoms with van der Waals surface area (Å²) in [6.07, 6.45) is 8.93. The third-order valence-corrected chi connectivity index (χ3v) is 9.00. The molecule has 2 aliphatic rings. The third kappa shape index (κ3) is 2.72. The number of hydrogen-bond donors (Lipinski definition) is 0. The minimum Gasteiger partial charge on any atom is -0.269 e. The van der Waals surface area contributed by atoms with Crippen molar-refractivity contribution in [2.75, 3.05) is 0 Å². The highest BCUT2D eigenvalue weighted by molar-refractivity contribution is 7.91. The number of amides is 2. The smallest absolute Gasteiger partial charge is 0.261 e. The lowest BCUT2D eigenvalue weighted by Crippen LogP contribution is -2.42. The average molecular weight is 448 g/mol. The lowest BCUT2D eigenvalue weighted by Gasteiger charge is -2.32. The molecule has 0 fully saturated rings. The van der Waals surface area contributed by atoms with Gasteiger partial charge in [-0.25, -0.2) is 12.4 Å². The highest BCUT2D eigenvalue weighted by Crippen LogP contribution is 2.38. The molecule has 2 aromatic heterocycles. The van der Waals surface area contributed by atoms with Gasteiger partial charge in [0.25, 0.3) is 11.8 Å². The molecule has 1 atom stereocenters. The molecule has 1 unspecified atom stereocenters. The van der Waals surface area contributed by atoms with E-state index in [0.717, 1.165) is 10.5 Å². The van der Waals surface area contributed by atoms with Gasteiger partial charge in [-0.2, -0.15) is 0 Å². The first-order valence-electron chi connectivity index (χ1n) is 10.2. The Kier molecular flexibility index (Phi) is 4.46. The molecule has 7 nitrogen and oxygen atoms in total. The predicted octanol–water partition coefficient (Wildman–Crippen LogP) is 3.68. The fourth-order valence-electron chi connectivity index (χ4n) is 4.38. The van der Waals surface area contributed by atoms with Crippen LogP contribution in [0.25, 0.3) is 10.9 Å². The van der Waals surface area contributed by atoms with Crippen molar-refractivity contribution < 1.29 is 18.0 Å². The second-order valence-corrected chi connectivity index (χ2v) is 10.5. The van der Waals surface area contributed by atoms with Crippen LogP contribution in [0.4, 0.5) is 0 Å². The standard InChI is InChI=1S/C24H21N3O4S/c1-16-7-5-6-11-24(16,2)32(30,31)27-18(13-17-14-25-12-10-21(17)27)15-26-22(28)19-8-3-4-9-20(19)23(26)29/h3-10,12-14H,11,15H2,1-2H3. The first-order chi connectivity index (χ1) is 15.3. The van der Waals surface area contributed by atoms with Crippen molar-refractivity contribution in [1.29, 1.82) is 0 Å². The summed E-state index contributed by atoms with van der Waals surface area (Å²) in [4.78, 5) is 31.1. The number of allylic oxidation sites excluding steroid dienone is 3. The number of fused-ring (bicyclic) bond motifs is 2. The van der Waals surface area contributed by atoms with E-state index in [1.165, 1.54) is 10.2 Å². The Balaban J connectivity index is 1.66. The molecule has 3 aromatic rings. The Morgan fingerprint density at radius 3 is 2.44 bits per heavy atom. The Labute approximate surface area is 185 Å². The molecule has 162 valence electrons. The maximum atomic E-state index is 14.0.